The van der Waals surface area contributed by atoms with Gasteiger partial charge in [-0.25, -0.2) is 0 Å². The number of hydrogen-bond donors (Lipinski definition) is 2. The first-order chi connectivity index (χ1) is 8.88. The number of hydrogen-bond acceptors (Lipinski definition) is 4. The van der Waals surface area contributed by atoms with Crippen LogP contribution in [0.3, 0.4) is 0 Å². The van der Waals surface area contributed by atoms with Crippen LogP contribution in [0.15, 0.2) is 18.2 Å². The van der Waals surface area contributed by atoms with Crippen molar-refractivity contribution in [1.29, 1.82) is 0 Å². The van der Waals surface area contributed by atoms with E-state index < -0.39 is 0 Å². The third-order valence-electron chi connectivity index (χ3n) is 3.71. The van der Waals surface area contributed by atoms with Crippen LogP contribution in [0.1, 0.15) is 17.2 Å². The summed E-state index contributed by atoms with van der Waals surface area (Å²) < 4.78 is 11.4. The molecule has 2 heterocycles. The number of morpholine rings is 1. The fourth-order valence-electron chi connectivity index (χ4n) is 2.77. The third kappa shape index (κ3) is 2.23. The zero-order valence-electron chi connectivity index (χ0n) is 10.7. The lowest BCUT2D eigenvalue weighted by Crippen LogP contribution is -2.45. The zero-order chi connectivity index (χ0) is 12.4. The average Bonchev–Trinajstić information content (AvgIpc) is 2.88. The van der Waals surface area contributed by atoms with Crippen molar-refractivity contribution in [2.75, 3.05) is 33.4 Å². The summed E-state index contributed by atoms with van der Waals surface area (Å²) in [4.78, 5) is 0. The summed E-state index contributed by atoms with van der Waals surface area (Å²) >= 11 is 0. The summed E-state index contributed by atoms with van der Waals surface area (Å²) in [7, 11) is 1.99. The molecule has 98 valence electrons. The molecule has 1 saturated heterocycles. The molecule has 0 bridgehead atoms. The molecule has 2 atom stereocenters. The maximum atomic E-state index is 5.85. The van der Waals surface area contributed by atoms with E-state index in [9.17, 15) is 0 Å². The van der Waals surface area contributed by atoms with Gasteiger partial charge in [-0.3, -0.25) is 0 Å². The van der Waals surface area contributed by atoms with E-state index in [0.29, 0.717) is 0 Å². The van der Waals surface area contributed by atoms with Crippen LogP contribution in [0.2, 0.25) is 0 Å². The maximum absolute atomic E-state index is 5.85. The minimum atomic E-state index is 0.198. The van der Waals surface area contributed by atoms with Crippen LogP contribution in [-0.2, 0) is 11.2 Å². The molecule has 18 heavy (non-hydrogen) atoms. The Hall–Kier alpha value is -1.10. The van der Waals surface area contributed by atoms with Crippen LogP contribution >= 0.6 is 0 Å². The van der Waals surface area contributed by atoms with Gasteiger partial charge in [-0.2, -0.15) is 0 Å². The number of ether oxygens (including phenoxy) is 2. The molecule has 3 rings (SSSR count). The van der Waals surface area contributed by atoms with E-state index in [-0.39, 0.29) is 12.1 Å². The molecule has 0 spiro atoms. The molecular weight excluding hydrogens is 228 g/mol. The van der Waals surface area contributed by atoms with Crippen LogP contribution in [0.5, 0.6) is 5.75 Å². The first kappa shape index (κ1) is 12.0. The van der Waals surface area contributed by atoms with Gasteiger partial charge in [0.25, 0.3) is 0 Å². The Kier molecular flexibility index (Phi) is 3.50. The Bertz CT molecular complexity index is 416. The summed E-state index contributed by atoms with van der Waals surface area (Å²) in [6, 6.07) is 6.71. The van der Waals surface area contributed by atoms with Crippen LogP contribution in [-0.4, -0.2) is 39.5 Å². The molecule has 1 aromatic rings. The van der Waals surface area contributed by atoms with Crippen molar-refractivity contribution in [2.45, 2.75) is 18.6 Å². The number of rotatable bonds is 3. The second-order valence-corrected chi connectivity index (χ2v) is 4.85. The molecule has 4 heteroatoms. The second kappa shape index (κ2) is 5.26. The Morgan fingerprint density at radius 3 is 3.11 bits per heavy atom. The number of nitrogens with one attached hydrogen (secondary N) is 2. The highest BCUT2D eigenvalue weighted by Crippen LogP contribution is 2.29. The maximum Gasteiger partial charge on any atom is 0.122 e. The van der Waals surface area contributed by atoms with Gasteiger partial charge in [0.2, 0.25) is 0 Å². The van der Waals surface area contributed by atoms with Crippen molar-refractivity contribution < 1.29 is 9.47 Å². The van der Waals surface area contributed by atoms with Crippen molar-refractivity contribution in [3.8, 4) is 5.75 Å². The first-order valence-electron chi connectivity index (χ1n) is 6.63. The van der Waals surface area contributed by atoms with Crippen LogP contribution in [0.4, 0.5) is 0 Å². The molecule has 0 saturated carbocycles. The van der Waals surface area contributed by atoms with Gasteiger partial charge in [0, 0.05) is 19.5 Å². The fourth-order valence-corrected chi connectivity index (χ4v) is 2.77. The lowest BCUT2D eigenvalue weighted by Gasteiger charge is -2.31. The monoisotopic (exact) mass is 248 g/mol. The predicted octanol–water partition coefficient (Wildman–Crippen LogP) is 0.870. The molecule has 1 aromatic carbocycles. The quantitative estimate of drug-likeness (QED) is 0.833. The van der Waals surface area contributed by atoms with Crippen molar-refractivity contribution in [2.24, 2.45) is 0 Å². The SMILES string of the molecule is CNC(c1ccc2c(c1)CCO2)C1CNCCO1. The molecule has 1 fully saturated rings. The molecule has 2 N–H and O–H groups in total. The molecular formula is C14H20N2O2. The number of likely N-dealkylation sites (N-methyl/N-ethyl adjacent to an activating group) is 1. The van der Waals surface area contributed by atoms with Gasteiger partial charge in [0.15, 0.2) is 0 Å². The predicted molar refractivity (Wildman–Crippen MR) is 70.1 cm³/mol. The van der Waals surface area contributed by atoms with Gasteiger partial charge >= 0.3 is 0 Å². The van der Waals surface area contributed by atoms with Gasteiger partial charge < -0.3 is 20.1 Å². The third-order valence-corrected chi connectivity index (χ3v) is 3.71. The van der Waals surface area contributed by atoms with Crippen molar-refractivity contribution in [3.05, 3.63) is 29.3 Å². The molecule has 0 aromatic heterocycles. The smallest absolute Gasteiger partial charge is 0.122 e. The van der Waals surface area contributed by atoms with E-state index in [4.69, 9.17) is 9.47 Å². The highest BCUT2D eigenvalue weighted by atomic mass is 16.5. The van der Waals surface area contributed by atoms with E-state index in [0.717, 1.165) is 38.5 Å². The minimum absolute atomic E-state index is 0.198. The summed E-state index contributed by atoms with van der Waals surface area (Å²) in [5.41, 5.74) is 2.60. The Morgan fingerprint density at radius 2 is 2.33 bits per heavy atom. The Balaban J connectivity index is 1.82. The molecule has 0 amide bonds. The standard InChI is InChI=1S/C14H20N2O2/c1-15-14(13-9-16-5-7-18-13)11-2-3-12-10(8-11)4-6-17-12/h2-3,8,13-16H,4-7,9H2,1H3. The zero-order valence-corrected chi connectivity index (χ0v) is 10.7. The molecule has 0 radical (unpaired) electrons. The highest BCUT2D eigenvalue weighted by molar-refractivity contribution is 5.41. The van der Waals surface area contributed by atoms with E-state index >= 15 is 0 Å². The van der Waals surface area contributed by atoms with E-state index in [1.165, 1.54) is 11.1 Å². The Morgan fingerprint density at radius 1 is 1.39 bits per heavy atom. The summed E-state index contributed by atoms with van der Waals surface area (Å²) in [5, 5.41) is 6.76. The van der Waals surface area contributed by atoms with E-state index in [2.05, 4.69) is 28.8 Å². The lowest BCUT2D eigenvalue weighted by atomic mass is 9.98. The molecule has 2 unspecified atom stereocenters. The lowest BCUT2D eigenvalue weighted by molar-refractivity contribution is 0.00536. The average molecular weight is 248 g/mol. The van der Waals surface area contributed by atoms with Gasteiger partial charge in [0.1, 0.15) is 5.75 Å². The van der Waals surface area contributed by atoms with Crippen molar-refractivity contribution >= 4 is 0 Å². The summed E-state index contributed by atoms with van der Waals surface area (Å²) in [6.07, 6.45) is 1.22. The van der Waals surface area contributed by atoms with Gasteiger partial charge in [-0.05, 0) is 24.2 Å². The Labute approximate surface area is 108 Å². The summed E-state index contributed by atoms with van der Waals surface area (Å²) in [5.74, 6) is 1.04. The largest absolute Gasteiger partial charge is 0.493 e. The molecule has 4 nitrogen and oxygen atoms in total. The summed E-state index contributed by atoms with van der Waals surface area (Å²) in [6.45, 7) is 3.45. The molecule has 2 aliphatic rings. The van der Waals surface area contributed by atoms with E-state index in [1.807, 2.05) is 7.05 Å². The van der Waals surface area contributed by atoms with Gasteiger partial charge in [-0.1, -0.05) is 12.1 Å². The minimum Gasteiger partial charge on any atom is -0.493 e. The molecule has 0 aliphatic carbocycles. The topological polar surface area (TPSA) is 42.5 Å². The van der Waals surface area contributed by atoms with Gasteiger partial charge in [-0.15, -0.1) is 0 Å². The highest BCUT2D eigenvalue weighted by Gasteiger charge is 2.25. The van der Waals surface area contributed by atoms with Crippen molar-refractivity contribution in [3.63, 3.8) is 0 Å². The first-order valence-corrected chi connectivity index (χ1v) is 6.63. The number of benzene rings is 1. The van der Waals surface area contributed by atoms with Crippen molar-refractivity contribution in [1.82, 2.24) is 10.6 Å². The van der Waals surface area contributed by atoms with Crippen LogP contribution in [0.25, 0.3) is 0 Å². The number of fused-ring (bicyclic) bond motifs is 1. The fraction of sp³-hybridized carbons (Fsp3) is 0.571. The van der Waals surface area contributed by atoms with Gasteiger partial charge in [0.05, 0.1) is 25.4 Å². The van der Waals surface area contributed by atoms with Crippen LogP contribution in [0, 0.1) is 0 Å². The van der Waals surface area contributed by atoms with E-state index in [1.54, 1.807) is 0 Å². The normalized spacial score (nSPS) is 24.4. The van der Waals surface area contributed by atoms with Crippen LogP contribution < -0.4 is 15.4 Å². The second-order valence-electron chi connectivity index (χ2n) is 4.85. The molecule has 2 aliphatic heterocycles.